The third-order valence-corrected chi connectivity index (χ3v) is 7.38. The van der Waals surface area contributed by atoms with E-state index in [1.165, 1.54) is 12.4 Å². The summed E-state index contributed by atoms with van der Waals surface area (Å²) in [6.07, 6.45) is 1.05. The molecule has 0 radical (unpaired) electrons. The van der Waals surface area contributed by atoms with Crippen LogP contribution in [0.1, 0.15) is 62.8 Å². The zero-order chi connectivity index (χ0) is 27.7. The van der Waals surface area contributed by atoms with Gasteiger partial charge in [0, 0.05) is 37.9 Å². The fourth-order valence-corrected chi connectivity index (χ4v) is 5.31. The highest BCUT2D eigenvalue weighted by Crippen LogP contribution is 2.34. The highest BCUT2D eigenvalue weighted by atomic mass is 19.4. The van der Waals surface area contributed by atoms with Gasteiger partial charge in [0.15, 0.2) is 17.3 Å². The number of aromatic nitrogens is 3. The first-order valence-corrected chi connectivity index (χ1v) is 12.6. The fourth-order valence-electron chi connectivity index (χ4n) is 5.31. The maximum absolute atomic E-state index is 14.1. The van der Waals surface area contributed by atoms with Crippen molar-refractivity contribution < 1.29 is 27.2 Å². The number of pyridine rings is 1. The average molecular weight is 543 g/mol. The summed E-state index contributed by atoms with van der Waals surface area (Å²) in [4.78, 5) is 40.7. The Morgan fingerprint density at radius 1 is 1.10 bits per heavy atom. The van der Waals surface area contributed by atoms with E-state index in [1.807, 2.05) is 11.0 Å². The second-order valence-electron chi connectivity index (χ2n) is 9.70. The first-order chi connectivity index (χ1) is 18.6. The lowest BCUT2D eigenvalue weighted by molar-refractivity contribution is -0.141. The van der Waals surface area contributed by atoms with Crippen molar-refractivity contribution in [2.45, 2.75) is 43.9 Å². The largest absolute Gasteiger partial charge is 0.434 e. The fraction of sp³-hybridized carbons (Fsp3) is 0.370. The number of halogens is 4. The number of nitrogens with one attached hydrogen (secondary N) is 1. The maximum atomic E-state index is 14.1. The molecule has 12 heteroatoms. The number of hydrogen-bond acceptors (Lipinski definition) is 6. The highest BCUT2D eigenvalue weighted by Gasteiger charge is 2.38. The summed E-state index contributed by atoms with van der Waals surface area (Å²) in [5, 5.41) is 2.70. The summed E-state index contributed by atoms with van der Waals surface area (Å²) in [5.41, 5.74) is 0.299. The van der Waals surface area contributed by atoms with Gasteiger partial charge in [0.1, 0.15) is 6.33 Å². The van der Waals surface area contributed by atoms with Crippen molar-refractivity contribution in [3.8, 4) is 0 Å². The predicted molar refractivity (Wildman–Crippen MR) is 134 cm³/mol. The molecule has 1 fully saturated rings. The highest BCUT2D eigenvalue weighted by molar-refractivity contribution is 5.96. The van der Waals surface area contributed by atoms with E-state index in [4.69, 9.17) is 0 Å². The number of hydrogen-bond donors (Lipinski definition) is 1. The molecule has 2 aliphatic rings. The van der Waals surface area contributed by atoms with Gasteiger partial charge in [-0.2, -0.15) is 13.2 Å². The Hall–Kier alpha value is -4.09. The summed E-state index contributed by atoms with van der Waals surface area (Å²) < 4.78 is 54.1. The van der Waals surface area contributed by atoms with Crippen molar-refractivity contribution in [3.05, 3.63) is 82.8 Å². The number of piperidine rings is 1. The standard InChI is InChI=1S/C27H26F4N6O2/c1-36(18-8-11-37(12-9-18)24-21(28)14-32-15-34-24)26(39)17-5-4-16-6-7-22(20(16)13-17)35-25(38)19-3-2-10-33-23(19)27(29,30)31/h2-5,10,13-15,18,22H,6-9,11-12H2,1H3,(H,35,38). The van der Waals surface area contributed by atoms with Crippen molar-refractivity contribution >= 4 is 17.6 Å². The van der Waals surface area contributed by atoms with E-state index in [0.717, 1.165) is 24.0 Å². The summed E-state index contributed by atoms with van der Waals surface area (Å²) >= 11 is 0. The summed E-state index contributed by atoms with van der Waals surface area (Å²) in [7, 11) is 1.72. The molecular formula is C27H26F4N6O2. The number of fused-ring (bicyclic) bond motifs is 1. The van der Waals surface area contributed by atoms with E-state index in [1.54, 1.807) is 24.1 Å². The van der Waals surface area contributed by atoms with Crippen LogP contribution in [-0.2, 0) is 12.6 Å². The van der Waals surface area contributed by atoms with Crippen molar-refractivity contribution in [1.29, 1.82) is 0 Å². The molecule has 204 valence electrons. The first kappa shape index (κ1) is 26.5. The number of alkyl halides is 3. The molecule has 1 unspecified atom stereocenters. The van der Waals surface area contributed by atoms with Gasteiger partial charge in [0.05, 0.1) is 17.8 Å². The Balaban J connectivity index is 1.27. The van der Waals surface area contributed by atoms with Crippen LogP contribution in [-0.4, -0.2) is 57.8 Å². The first-order valence-electron chi connectivity index (χ1n) is 12.6. The van der Waals surface area contributed by atoms with Crippen LogP contribution in [0.2, 0.25) is 0 Å². The van der Waals surface area contributed by atoms with Crippen LogP contribution in [0.25, 0.3) is 0 Å². The molecule has 1 saturated heterocycles. The van der Waals surface area contributed by atoms with Gasteiger partial charge in [-0.05, 0) is 61.1 Å². The average Bonchev–Trinajstić information content (AvgIpc) is 3.34. The number of anilines is 1. The summed E-state index contributed by atoms with van der Waals surface area (Å²) in [6, 6.07) is 7.07. The van der Waals surface area contributed by atoms with E-state index >= 15 is 0 Å². The second-order valence-corrected chi connectivity index (χ2v) is 9.70. The molecule has 1 aliphatic heterocycles. The normalized spacial score (nSPS) is 17.6. The van der Waals surface area contributed by atoms with Gasteiger partial charge in [-0.3, -0.25) is 14.6 Å². The Labute approximate surface area is 222 Å². The number of benzene rings is 1. The zero-order valence-corrected chi connectivity index (χ0v) is 21.1. The zero-order valence-electron chi connectivity index (χ0n) is 21.1. The van der Waals surface area contributed by atoms with Gasteiger partial charge in [0.25, 0.3) is 11.8 Å². The topological polar surface area (TPSA) is 91.3 Å². The minimum atomic E-state index is -4.76. The third kappa shape index (κ3) is 5.41. The number of nitrogens with zero attached hydrogens (tertiary/aromatic N) is 5. The van der Waals surface area contributed by atoms with E-state index in [2.05, 4.69) is 20.3 Å². The molecule has 3 heterocycles. The van der Waals surface area contributed by atoms with Gasteiger partial charge >= 0.3 is 6.18 Å². The lowest BCUT2D eigenvalue weighted by Crippen LogP contribution is -2.46. The van der Waals surface area contributed by atoms with Crippen molar-refractivity contribution in [2.75, 3.05) is 25.0 Å². The maximum Gasteiger partial charge on any atom is 0.434 e. The molecule has 0 bridgehead atoms. The van der Waals surface area contributed by atoms with Crippen LogP contribution >= 0.6 is 0 Å². The predicted octanol–water partition coefficient (Wildman–Crippen LogP) is 4.19. The SMILES string of the molecule is CN(C(=O)c1ccc2c(c1)C(NC(=O)c1cccnc1C(F)(F)F)CC2)C1CCN(c2ncncc2F)CC1. The van der Waals surface area contributed by atoms with Crippen molar-refractivity contribution in [3.63, 3.8) is 0 Å². The Morgan fingerprint density at radius 3 is 2.59 bits per heavy atom. The smallest absolute Gasteiger partial charge is 0.354 e. The van der Waals surface area contributed by atoms with Crippen LogP contribution in [0.4, 0.5) is 23.4 Å². The molecule has 3 aromatic rings. The molecular weight excluding hydrogens is 516 g/mol. The summed E-state index contributed by atoms with van der Waals surface area (Å²) in [6.45, 7) is 1.06. The molecule has 39 heavy (non-hydrogen) atoms. The molecule has 1 aliphatic carbocycles. The van der Waals surface area contributed by atoms with Gasteiger partial charge in [-0.1, -0.05) is 6.07 Å². The number of aryl methyl sites for hydroxylation is 1. The molecule has 0 saturated carbocycles. The molecule has 5 rings (SSSR count). The Kier molecular flexibility index (Phi) is 7.19. The lowest BCUT2D eigenvalue weighted by atomic mass is 10.00. The Bertz CT molecular complexity index is 1390. The second kappa shape index (κ2) is 10.6. The monoisotopic (exact) mass is 542 g/mol. The Morgan fingerprint density at radius 2 is 1.87 bits per heavy atom. The van der Waals surface area contributed by atoms with E-state index in [0.29, 0.717) is 49.9 Å². The number of rotatable bonds is 5. The van der Waals surface area contributed by atoms with Crippen LogP contribution < -0.4 is 10.2 Å². The van der Waals surface area contributed by atoms with Crippen molar-refractivity contribution in [1.82, 2.24) is 25.2 Å². The number of carbonyl (C=O) groups excluding carboxylic acids is 2. The summed E-state index contributed by atoms with van der Waals surface area (Å²) in [5.74, 6) is -1.31. The van der Waals surface area contributed by atoms with E-state index < -0.39 is 35.2 Å². The molecule has 2 aromatic heterocycles. The minimum Gasteiger partial charge on any atom is -0.354 e. The molecule has 1 N–H and O–H groups in total. The quantitative estimate of drug-likeness (QED) is 0.487. The van der Waals surface area contributed by atoms with E-state index in [-0.39, 0.29) is 17.8 Å². The number of carbonyl (C=O) groups is 2. The lowest BCUT2D eigenvalue weighted by Gasteiger charge is -2.37. The van der Waals surface area contributed by atoms with Crippen molar-refractivity contribution in [2.24, 2.45) is 0 Å². The van der Waals surface area contributed by atoms with Gasteiger partial charge in [-0.25, -0.2) is 14.4 Å². The van der Waals surface area contributed by atoms with Gasteiger partial charge < -0.3 is 15.1 Å². The van der Waals surface area contributed by atoms with Gasteiger partial charge in [0.2, 0.25) is 0 Å². The third-order valence-electron chi connectivity index (χ3n) is 7.38. The van der Waals surface area contributed by atoms with Crippen LogP contribution in [0.5, 0.6) is 0 Å². The molecule has 1 aromatic carbocycles. The molecule has 1 atom stereocenters. The minimum absolute atomic E-state index is 0.0613. The van der Waals surface area contributed by atoms with Crippen LogP contribution in [0.15, 0.2) is 49.1 Å². The molecule has 2 amide bonds. The molecule has 0 spiro atoms. The van der Waals surface area contributed by atoms with Gasteiger partial charge in [-0.15, -0.1) is 0 Å². The van der Waals surface area contributed by atoms with Crippen LogP contribution in [0.3, 0.4) is 0 Å². The van der Waals surface area contributed by atoms with E-state index in [9.17, 15) is 27.2 Å². The van der Waals surface area contributed by atoms with Crippen LogP contribution in [0, 0.1) is 5.82 Å². The molecule has 8 nitrogen and oxygen atoms in total. The number of amides is 2.